The fraction of sp³-hybridized carbons (Fsp3) is 0.176. The number of ether oxygens (including phenoxy) is 1. The van der Waals surface area contributed by atoms with Crippen LogP contribution in [0, 0.1) is 0 Å². The molecule has 7 nitrogen and oxygen atoms in total. The zero-order chi connectivity index (χ0) is 16.9. The van der Waals surface area contributed by atoms with Crippen LogP contribution in [0.4, 0.5) is 0 Å². The predicted octanol–water partition coefficient (Wildman–Crippen LogP) is 1.74. The molecule has 0 aliphatic carbocycles. The highest BCUT2D eigenvalue weighted by Gasteiger charge is 2.21. The first kappa shape index (κ1) is 15.7. The lowest BCUT2D eigenvalue weighted by molar-refractivity contribution is 0.0940. The molecule has 0 bridgehead atoms. The Hall–Kier alpha value is -3.22. The summed E-state index contributed by atoms with van der Waals surface area (Å²) in [5, 5.41) is 2.99. The van der Waals surface area contributed by atoms with E-state index >= 15 is 0 Å². The van der Waals surface area contributed by atoms with Gasteiger partial charge in [0.25, 0.3) is 5.91 Å². The largest absolute Gasteiger partial charge is 0.497 e. The normalized spacial score (nSPS) is 11.8. The second-order valence-electron chi connectivity index (χ2n) is 5.20. The summed E-state index contributed by atoms with van der Waals surface area (Å²) in [6.45, 7) is 0. The Balaban J connectivity index is 1.93. The summed E-state index contributed by atoms with van der Waals surface area (Å²) in [6.07, 6.45) is 7.88. The number of hydrogen-bond acceptors (Lipinski definition) is 5. The van der Waals surface area contributed by atoms with E-state index in [9.17, 15) is 4.79 Å². The van der Waals surface area contributed by atoms with E-state index in [1.54, 1.807) is 13.3 Å². The molecule has 2 heterocycles. The van der Waals surface area contributed by atoms with E-state index in [0.29, 0.717) is 5.56 Å². The number of aryl methyl sites for hydroxylation is 1. The molecule has 0 radical (unpaired) electrons. The maximum absolute atomic E-state index is 12.5. The first-order valence-electron chi connectivity index (χ1n) is 7.36. The Labute approximate surface area is 139 Å². The minimum atomic E-state index is -0.399. The molecule has 0 aliphatic heterocycles. The molecular formula is C17H17N5O2. The minimum Gasteiger partial charge on any atom is -0.497 e. The van der Waals surface area contributed by atoms with Gasteiger partial charge >= 0.3 is 0 Å². The number of carbonyl (C=O) groups is 1. The van der Waals surface area contributed by atoms with Gasteiger partial charge in [0.2, 0.25) is 0 Å². The second-order valence-corrected chi connectivity index (χ2v) is 5.20. The van der Waals surface area contributed by atoms with E-state index in [2.05, 4.69) is 20.3 Å². The average molecular weight is 323 g/mol. The quantitative estimate of drug-likeness (QED) is 0.773. The number of nitrogens with zero attached hydrogens (tertiary/aromatic N) is 4. The molecule has 24 heavy (non-hydrogen) atoms. The van der Waals surface area contributed by atoms with Crippen LogP contribution in [-0.2, 0) is 7.05 Å². The molecule has 0 unspecified atom stereocenters. The van der Waals surface area contributed by atoms with E-state index in [0.717, 1.165) is 17.1 Å². The van der Waals surface area contributed by atoms with Gasteiger partial charge in [0.05, 0.1) is 12.7 Å². The third-order valence-corrected chi connectivity index (χ3v) is 3.66. The van der Waals surface area contributed by atoms with Gasteiger partial charge < -0.3 is 14.6 Å². The van der Waals surface area contributed by atoms with Gasteiger partial charge in [0.1, 0.15) is 23.9 Å². The fourth-order valence-electron chi connectivity index (χ4n) is 2.38. The highest BCUT2D eigenvalue weighted by atomic mass is 16.5. The van der Waals surface area contributed by atoms with Gasteiger partial charge in [0, 0.05) is 31.8 Å². The highest BCUT2D eigenvalue weighted by Crippen LogP contribution is 2.23. The maximum Gasteiger partial charge on any atom is 0.255 e. The van der Waals surface area contributed by atoms with E-state index in [4.69, 9.17) is 4.74 Å². The van der Waals surface area contributed by atoms with Crippen LogP contribution in [0.3, 0.4) is 0 Å². The lowest BCUT2D eigenvalue weighted by Gasteiger charge is -2.19. The Morgan fingerprint density at radius 1 is 1.21 bits per heavy atom. The number of imidazole rings is 1. The molecule has 0 fully saturated rings. The van der Waals surface area contributed by atoms with Gasteiger partial charge in [-0.2, -0.15) is 0 Å². The summed E-state index contributed by atoms with van der Waals surface area (Å²) in [5.74, 6) is 1.21. The van der Waals surface area contributed by atoms with E-state index in [-0.39, 0.29) is 5.91 Å². The molecule has 7 heteroatoms. The summed E-state index contributed by atoms with van der Waals surface area (Å²) in [6, 6.07) is 7.11. The summed E-state index contributed by atoms with van der Waals surface area (Å²) in [7, 11) is 3.50. The number of rotatable bonds is 5. The molecule has 3 rings (SSSR count). The smallest absolute Gasteiger partial charge is 0.255 e. The Morgan fingerprint density at radius 2 is 1.92 bits per heavy atom. The number of methoxy groups -OCH3 is 1. The molecule has 122 valence electrons. The Morgan fingerprint density at radius 3 is 2.50 bits per heavy atom. The molecule has 2 aromatic heterocycles. The van der Waals surface area contributed by atoms with Gasteiger partial charge in [-0.25, -0.2) is 15.0 Å². The average Bonchev–Trinajstić information content (AvgIpc) is 3.06. The maximum atomic E-state index is 12.5. The van der Waals surface area contributed by atoms with E-state index in [1.165, 1.54) is 18.7 Å². The summed E-state index contributed by atoms with van der Waals surface area (Å²) >= 11 is 0. The van der Waals surface area contributed by atoms with E-state index < -0.39 is 6.04 Å². The van der Waals surface area contributed by atoms with Crippen molar-refractivity contribution in [2.45, 2.75) is 6.04 Å². The van der Waals surface area contributed by atoms with Crippen LogP contribution in [0.2, 0.25) is 0 Å². The van der Waals surface area contributed by atoms with Crippen molar-refractivity contribution in [2.75, 3.05) is 7.11 Å². The lowest BCUT2D eigenvalue weighted by Crippen LogP contribution is -2.31. The number of amides is 1. The molecule has 0 saturated carbocycles. The highest BCUT2D eigenvalue weighted by molar-refractivity contribution is 5.94. The molecule has 1 amide bonds. The van der Waals surface area contributed by atoms with Crippen molar-refractivity contribution >= 4 is 5.91 Å². The monoisotopic (exact) mass is 323 g/mol. The van der Waals surface area contributed by atoms with Gasteiger partial charge in [-0.3, -0.25) is 4.79 Å². The number of benzene rings is 1. The molecule has 0 saturated heterocycles. The van der Waals surface area contributed by atoms with Crippen molar-refractivity contribution in [3.05, 3.63) is 72.3 Å². The zero-order valence-electron chi connectivity index (χ0n) is 13.4. The van der Waals surface area contributed by atoms with Crippen molar-refractivity contribution < 1.29 is 9.53 Å². The van der Waals surface area contributed by atoms with Gasteiger partial charge in [0.15, 0.2) is 0 Å². The van der Waals surface area contributed by atoms with Crippen molar-refractivity contribution in [3.8, 4) is 5.75 Å². The van der Waals surface area contributed by atoms with Crippen LogP contribution < -0.4 is 10.1 Å². The first-order valence-corrected chi connectivity index (χ1v) is 7.36. The second kappa shape index (κ2) is 6.91. The van der Waals surface area contributed by atoms with Crippen LogP contribution >= 0.6 is 0 Å². The van der Waals surface area contributed by atoms with Gasteiger partial charge in [-0.1, -0.05) is 12.1 Å². The van der Waals surface area contributed by atoms with Crippen LogP contribution in [0.5, 0.6) is 5.75 Å². The zero-order valence-corrected chi connectivity index (χ0v) is 13.4. The SMILES string of the molecule is COc1ccc([C@@H](NC(=O)c2cncnc2)c2nccn2C)cc1. The Bertz CT molecular complexity index is 815. The van der Waals surface area contributed by atoms with Crippen LogP contribution in [-0.4, -0.2) is 32.5 Å². The molecule has 1 atom stereocenters. The van der Waals surface area contributed by atoms with Crippen molar-refractivity contribution in [3.63, 3.8) is 0 Å². The van der Waals surface area contributed by atoms with E-state index in [1.807, 2.05) is 42.1 Å². The van der Waals surface area contributed by atoms with Crippen LogP contribution in [0.25, 0.3) is 0 Å². The molecule has 1 N–H and O–H groups in total. The number of hydrogen-bond donors (Lipinski definition) is 1. The molecule has 0 spiro atoms. The summed E-state index contributed by atoms with van der Waals surface area (Å²) in [4.78, 5) is 24.6. The molecule has 1 aromatic carbocycles. The van der Waals surface area contributed by atoms with Crippen molar-refractivity contribution in [1.29, 1.82) is 0 Å². The summed E-state index contributed by atoms with van der Waals surface area (Å²) in [5.41, 5.74) is 1.29. The first-order chi connectivity index (χ1) is 11.7. The number of nitrogens with one attached hydrogen (secondary N) is 1. The van der Waals surface area contributed by atoms with Gasteiger partial charge in [-0.05, 0) is 17.7 Å². The molecule has 3 aromatic rings. The topological polar surface area (TPSA) is 81.9 Å². The molecule has 0 aliphatic rings. The third-order valence-electron chi connectivity index (χ3n) is 3.66. The number of carbonyl (C=O) groups excluding carboxylic acids is 1. The summed E-state index contributed by atoms with van der Waals surface area (Å²) < 4.78 is 7.06. The van der Waals surface area contributed by atoms with Crippen molar-refractivity contribution in [1.82, 2.24) is 24.8 Å². The van der Waals surface area contributed by atoms with Crippen molar-refractivity contribution in [2.24, 2.45) is 7.05 Å². The standard InChI is InChI=1S/C17H17N5O2/c1-22-8-7-20-16(22)15(12-3-5-14(24-2)6-4-12)21-17(23)13-9-18-11-19-10-13/h3-11,15H,1-2H3,(H,21,23)/t15-/m1/s1. The predicted molar refractivity (Wildman–Crippen MR) is 87.5 cm³/mol. The Kier molecular flexibility index (Phi) is 4.51. The fourth-order valence-corrected chi connectivity index (χ4v) is 2.38. The van der Waals surface area contributed by atoms with Crippen LogP contribution in [0.1, 0.15) is 27.8 Å². The third kappa shape index (κ3) is 3.24. The molecular weight excluding hydrogens is 306 g/mol. The lowest BCUT2D eigenvalue weighted by atomic mass is 10.1. The number of aromatic nitrogens is 4. The van der Waals surface area contributed by atoms with Crippen LogP contribution in [0.15, 0.2) is 55.4 Å². The minimum absolute atomic E-state index is 0.264. The van der Waals surface area contributed by atoms with Gasteiger partial charge in [-0.15, -0.1) is 0 Å².